The molecule has 0 aliphatic carbocycles. The minimum absolute atomic E-state index is 0.0878. The maximum atomic E-state index is 15.5. The summed E-state index contributed by atoms with van der Waals surface area (Å²) in [6, 6.07) is 2.57. The first kappa shape index (κ1) is 25.0. The van der Waals surface area contributed by atoms with E-state index in [1.807, 2.05) is 0 Å². The van der Waals surface area contributed by atoms with Crippen molar-refractivity contribution in [2.24, 2.45) is 0 Å². The SMILES string of the molecule is C=CC(=O)N1CC(Nc2cc(F)c([C@@H]3c4ccc5[nH]c(=O)oc5c4C[C@@H](C)N3CC(F)(F)F)c(F)c2)C1. The van der Waals surface area contributed by atoms with E-state index in [2.05, 4.69) is 16.9 Å². The van der Waals surface area contributed by atoms with Crippen LogP contribution < -0.4 is 11.1 Å². The van der Waals surface area contributed by atoms with Crippen LogP contribution in [0.5, 0.6) is 0 Å². The fourth-order valence-electron chi connectivity index (χ4n) is 5.22. The van der Waals surface area contributed by atoms with Gasteiger partial charge in [-0.2, -0.15) is 13.2 Å². The zero-order chi connectivity index (χ0) is 26.6. The highest BCUT2D eigenvalue weighted by atomic mass is 19.4. The zero-order valence-electron chi connectivity index (χ0n) is 19.7. The minimum Gasteiger partial charge on any atom is -0.408 e. The van der Waals surface area contributed by atoms with Crippen molar-refractivity contribution in [1.82, 2.24) is 14.8 Å². The first-order valence-corrected chi connectivity index (χ1v) is 11.6. The first-order chi connectivity index (χ1) is 17.4. The second-order valence-corrected chi connectivity index (χ2v) is 9.41. The van der Waals surface area contributed by atoms with E-state index in [0.29, 0.717) is 24.2 Å². The van der Waals surface area contributed by atoms with Crippen molar-refractivity contribution in [1.29, 1.82) is 0 Å². The van der Waals surface area contributed by atoms with Crippen LogP contribution in [0.2, 0.25) is 0 Å². The minimum atomic E-state index is -4.62. The zero-order valence-corrected chi connectivity index (χ0v) is 19.7. The second kappa shape index (κ2) is 9.02. The molecule has 3 aromatic rings. The number of nitrogens with one attached hydrogen (secondary N) is 2. The van der Waals surface area contributed by atoms with E-state index in [1.54, 1.807) is 0 Å². The van der Waals surface area contributed by atoms with Gasteiger partial charge in [0.25, 0.3) is 0 Å². The van der Waals surface area contributed by atoms with Gasteiger partial charge in [0.15, 0.2) is 5.58 Å². The lowest BCUT2D eigenvalue weighted by Crippen LogP contribution is -2.56. The van der Waals surface area contributed by atoms with Gasteiger partial charge in [-0.3, -0.25) is 14.7 Å². The predicted octanol–water partition coefficient (Wildman–Crippen LogP) is 4.11. The number of oxazole rings is 1. The molecular formula is C25H23F5N4O3. The number of benzene rings is 2. The van der Waals surface area contributed by atoms with Gasteiger partial charge in [-0.25, -0.2) is 13.6 Å². The fraction of sp³-hybridized carbons (Fsp3) is 0.360. The van der Waals surface area contributed by atoms with Gasteiger partial charge in [0.05, 0.1) is 24.1 Å². The number of carbonyl (C=O) groups is 1. The Hall–Kier alpha value is -3.67. The molecule has 2 aromatic carbocycles. The summed E-state index contributed by atoms with van der Waals surface area (Å²) < 4.78 is 77.0. The molecule has 37 heavy (non-hydrogen) atoms. The van der Waals surface area contributed by atoms with E-state index in [0.717, 1.165) is 17.0 Å². The van der Waals surface area contributed by atoms with Gasteiger partial charge in [-0.1, -0.05) is 12.6 Å². The first-order valence-electron chi connectivity index (χ1n) is 11.6. The molecule has 2 atom stereocenters. The van der Waals surface area contributed by atoms with Crippen LogP contribution in [-0.2, 0) is 11.2 Å². The molecule has 5 rings (SSSR count). The van der Waals surface area contributed by atoms with Crippen molar-refractivity contribution in [3.63, 3.8) is 0 Å². The van der Waals surface area contributed by atoms with Crippen molar-refractivity contribution in [3.8, 4) is 0 Å². The van der Waals surface area contributed by atoms with Gasteiger partial charge in [-0.15, -0.1) is 0 Å². The maximum absolute atomic E-state index is 15.5. The number of rotatable bonds is 5. The van der Waals surface area contributed by atoms with Crippen LogP contribution >= 0.6 is 0 Å². The highest BCUT2D eigenvalue weighted by molar-refractivity contribution is 5.87. The topological polar surface area (TPSA) is 81.6 Å². The Morgan fingerprint density at radius 1 is 1.24 bits per heavy atom. The van der Waals surface area contributed by atoms with E-state index in [4.69, 9.17) is 4.42 Å². The van der Waals surface area contributed by atoms with Gasteiger partial charge >= 0.3 is 11.9 Å². The number of hydrogen-bond donors (Lipinski definition) is 2. The molecule has 7 nitrogen and oxygen atoms in total. The number of aromatic amines is 1. The van der Waals surface area contributed by atoms with Gasteiger partial charge in [0.2, 0.25) is 5.91 Å². The lowest BCUT2D eigenvalue weighted by Gasteiger charge is -2.42. The monoisotopic (exact) mass is 522 g/mol. The summed E-state index contributed by atoms with van der Waals surface area (Å²) in [5.41, 5.74) is 0.741. The van der Waals surface area contributed by atoms with Crippen LogP contribution in [0.25, 0.3) is 11.1 Å². The summed E-state index contributed by atoms with van der Waals surface area (Å²) in [6.07, 6.45) is -3.36. The Morgan fingerprint density at radius 3 is 2.54 bits per heavy atom. The van der Waals surface area contributed by atoms with Crippen molar-refractivity contribution in [2.45, 2.75) is 37.6 Å². The number of carbonyl (C=O) groups excluding carboxylic acids is 1. The average molecular weight is 522 g/mol. The van der Waals surface area contributed by atoms with Crippen molar-refractivity contribution in [3.05, 3.63) is 75.8 Å². The quantitative estimate of drug-likeness (QED) is 0.390. The van der Waals surface area contributed by atoms with Crippen LogP contribution in [0.3, 0.4) is 0 Å². The lowest BCUT2D eigenvalue weighted by molar-refractivity contribution is -0.155. The standard InChI is InChI=1S/C25H23F5N4O3/c1-3-20(35)33-9-14(10-33)31-13-7-17(26)21(18(27)8-13)22-15-4-5-19-23(37-24(36)32-19)16(15)6-12(2)34(22)11-25(28,29)30/h3-5,7-8,12,14,22,31H,1,6,9-11H2,2H3,(H,32,36)/t12-,22+/m1/s1. The number of H-pyrrole nitrogens is 1. The number of anilines is 1. The molecule has 0 bridgehead atoms. The molecule has 196 valence electrons. The Balaban J connectivity index is 1.55. The number of halogens is 5. The summed E-state index contributed by atoms with van der Waals surface area (Å²) in [5, 5.41) is 2.95. The molecule has 2 aliphatic heterocycles. The molecule has 0 unspecified atom stereocenters. The molecule has 1 aromatic heterocycles. The molecule has 1 fully saturated rings. The number of likely N-dealkylation sites (tertiary alicyclic amines) is 1. The number of amides is 1. The summed E-state index contributed by atoms with van der Waals surface area (Å²) in [6.45, 7) is 4.19. The highest BCUT2D eigenvalue weighted by Crippen LogP contribution is 2.43. The summed E-state index contributed by atoms with van der Waals surface area (Å²) in [4.78, 5) is 28.4. The summed E-state index contributed by atoms with van der Waals surface area (Å²) in [5.74, 6) is -3.03. The largest absolute Gasteiger partial charge is 0.417 e. The Morgan fingerprint density at radius 2 is 1.92 bits per heavy atom. The third-order valence-corrected chi connectivity index (χ3v) is 6.87. The predicted molar refractivity (Wildman–Crippen MR) is 125 cm³/mol. The summed E-state index contributed by atoms with van der Waals surface area (Å²) >= 11 is 0. The van der Waals surface area contributed by atoms with E-state index in [1.165, 1.54) is 30.0 Å². The van der Waals surface area contributed by atoms with Gasteiger partial charge < -0.3 is 14.6 Å². The molecule has 0 saturated carbocycles. The van der Waals surface area contributed by atoms with Crippen LogP contribution in [0.15, 0.2) is 46.1 Å². The van der Waals surface area contributed by atoms with Crippen molar-refractivity contribution < 1.29 is 31.2 Å². The van der Waals surface area contributed by atoms with Crippen LogP contribution in [0.4, 0.5) is 27.6 Å². The van der Waals surface area contributed by atoms with E-state index < -0.39 is 47.8 Å². The Kier molecular flexibility index (Phi) is 6.09. The van der Waals surface area contributed by atoms with Gasteiger partial charge in [0.1, 0.15) is 11.6 Å². The smallest absolute Gasteiger partial charge is 0.408 e. The maximum Gasteiger partial charge on any atom is 0.417 e. The van der Waals surface area contributed by atoms with Crippen molar-refractivity contribution >= 4 is 22.7 Å². The Bertz CT molecular complexity index is 1420. The van der Waals surface area contributed by atoms with Crippen LogP contribution in [0, 0.1) is 11.6 Å². The third kappa shape index (κ3) is 4.61. The molecular weight excluding hydrogens is 499 g/mol. The number of aromatic nitrogens is 1. The Labute approximate surface area is 207 Å². The number of alkyl halides is 3. The molecule has 2 N–H and O–H groups in total. The second-order valence-electron chi connectivity index (χ2n) is 9.41. The third-order valence-electron chi connectivity index (χ3n) is 6.87. The molecule has 0 spiro atoms. The molecule has 3 heterocycles. The van der Waals surface area contributed by atoms with Crippen LogP contribution in [-0.4, -0.2) is 58.6 Å². The van der Waals surface area contributed by atoms with Crippen molar-refractivity contribution in [2.75, 3.05) is 25.0 Å². The van der Waals surface area contributed by atoms with E-state index >= 15 is 8.78 Å². The molecule has 1 amide bonds. The number of nitrogens with zero attached hydrogens (tertiary/aromatic N) is 2. The molecule has 12 heteroatoms. The normalized spacial score (nSPS) is 20.5. The van der Waals surface area contributed by atoms with Gasteiger partial charge in [-0.05, 0) is 43.2 Å². The fourth-order valence-corrected chi connectivity index (χ4v) is 5.22. The van der Waals surface area contributed by atoms with Gasteiger partial charge in [0, 0.05) is 35.9 Å². The lowest BCUT2D eigenvalue weighted by atomic mass is 9.84. The number of hydrogen-bond acceptors (Lipinski definition) is 5. The van der Waals surface area contributed by atoms with E-state index in [9.17, 15) is 22.8 Å². The van der Waals surface area contributed by atoms with Crippen LogP contribution in [0.1, 0.15) is 29.7 Å². The molecule has 2 aliphatic rings. The molecule has 0 radical (unpaired) electrons. The molecule has 1 saturated heterocycles. The highest BCUT2D eigenvalue weighted by Gasteiger charge is 2.43. The van der Waals surface area contributed by atoms with E-state index in [-0.39, 0.29) is 35.2 Å². The average Bonchev–Trinajstić information content (AvgIpc) is 3.17. The summed E-state index contributed by atoms with van der Waals surface area (Å²) in [7, 11) is 0. The number of fused-ring (bicyclic) bond motifs is 3.